The van der Waals surface area contributed by atoms with E-state index in [0.29, 0.717) is 6.04 Å². The van der Waals surface area contributed by atoms with Crippen LogP contribution < -0.4 is 16.5 Å². The molecule has 0 amide bonds. The Morgan fingerprint density at radius 2 is 1.88 bits per heavy atom. The lowest BCUT2D eigenvalue weighted by atomic mass is 9.98. The number of nitrogens with two attached hydrogens (primary N) is 1. The first-order valence-electron chi connectivity index (χ1n) is 9.41. The molecule has 0 radical (unpaired) electrons. The highest BCUT2D eigenvalue weighted by Crippen LogP contribution is 2.27. The van der Waals surface area contributed by atoms with Gasteiger partial charge in [-0.2, -0.15) is 0 Å². The van der Waals surface area contributed by atoms with Gasteiger partial charge in [0.15, 0.2) is 0 Å². The second-order valence-corrected chi connectivity index (χ2v) is 5.91. The Morgan fingerprint density at radius 3 is 2.40 bits per heavy atom. The van der Waals surface area contributed by atoms with E-state index in [1.807, 2.05) is 40.8 Å². The standard InChI is InChI=1S/C16H27N5.2C2H6/c1-6-14-8-7-12(3)21(14)15-9-11(2)19-13(4)18-10-16(15)20(5)17;2*1-2/h6-8,11,15-16,18-19H,1,4,9-10,17H2,2-3,5H3;2*1-2H3. The summed E-state index contributed by atoms with van der Waals surface area (Å²) in [4.78, 5) is 0. The Balaban J connectivity index is 0.00000134. The predicted octanol–water partition coefficient (Wildman–Crippen LogP) is 3.65. The molecular formula is C20H39N5. The van der Waals surface area contributed by atoms with Gasteiger partial charge in [-0.3, -0.25) is 5.84 Å². The van der Waals surface area contributed by atoms with Crippen LogP contribution in [0.1, 0.15) is 58.5 Å². The van der Waals surface area contributed by atoms with Crippen LogP contribution in [0.4, 0.5) is 0 Å². The van der Waals surface area contributed by atoms with Crippen LogP contribution in [0.15, 0.2) is 31.1 Å². The zero-order valence-corrected chi connectivity index (χ0v) is 17.3. The molecule has 3 atom stereocenters. The molecule has 1 aliphatic rings. The van der Waals surface area contributed by atoms with Gasteiger partial charge < -0.3 is 15.2 Å². The number of hydrogen-bond acceptors (Lipinski definition) is 4. The summed E-state index contributed by atoms with van der Waals surface area (Å²) in [6.45, 7) is 21.0. The molecule has 5 nitrogen and oxygen atoms in total. The van der Waals surface area contributed by atoms with Crippen LogP contribution in [0.25, 0.3) is 6.08 Å². The van der Waals surface area contributed by atoms with Gasteiger partial charge in [0.1, 0.15) is 0 Å². The lowest BCUT2D eigenvalue weighted by Crippen LogP contribution is -2.53. The highest BCUT2D eigenvalue weighted by atomic mass is 15.4. The molecule has 1 aliphatic heterocycles. The highest BCUT2D eigenvalue weighted by molar-refractivity contribution is 5.44. The summed E-state index contributed by atoms with van der Waals surface area (Å²) in [5.41, 5.74) is 2.37. The maximum atomic E-state index is 6.12. The van der Waals surface area contributed by atoms with Crippen LogP contribution in [0, 0.1) is 6.92 Å². The molecule has 4 N–H and O–H groups in total. The number of aromatic nitrogens is 1. The quantitative estimate of drug-likeness (QED) is 0.576. The minimum absolute atomic E-state index is 0.177. The molecule has 0 saturated carbocycles. The van der Waals surface area contributed by atoms with Crippen molar-refractivity contribution in [3.63, 3.8) is 0 Å². The van der Waals surface area contributed by atoms with Gasteiger partial charge in [-0.1, -0.05) is 40.9 Å². The van der Waals surface area contributed by atoms with Crippen molar-refractivity contribution in [2.75, 3.05) is 13.6 Å². The van der Waals surface area contributed by atoms with Gasteiger partial charge in [0.05, 0.1) is 17.9 Å². The monoisotopic (exact) mass is 349 g/mol. The highest BCUT2D eigenvalue weighted by Gasteiger charge is 2.30. The summed E-state index contributed by atoms with van der Waals surface area (Å²) in [5, 5.41) is 8.52. The van der Waals surface area contributed by atoms with Crippen molar-refractivity contribution in [2.24, 2.45) is 5.84 Å². The fourth-order valence-electron chi connectivity index (χ4n) is 3.17. The zero-order chi connectivity index (χ0) is 19.6. The molecule has 1 fully saturated rings. The lowest BCUT2D eigenvalue weighted by molar-refractivity contribution is 0.155. The van der Waals surface area contributed by atoms with E-state index in [9.17, 15) is 0 Å². The van der Waals surface area contributed by atoms with Crippen LogP contribution in [0.5, 0.6) is 0 Å². The Morgan fingerprint density at radius 1 is 1.28 bits per heavy atom. The molecule has 3 unspecified atom stereocenters. The molecule has 144 valence electrons. The maximum absolute atomic E-state index is 6.12. The molecule has 25 heavy (non-hydrogen) atoms. The van der Waals surface area contributed by atoms with Crippen LogP contribution >= 0.6 is 0 Å². The van der Waals surface area contributed by atoms with Crippen molar-refractivity contribution in [3.8, 4) is 0 Å². The SMILES string of the molecule is C=Cc1ccc(C)n1C1CC(C)NC(=C)NCC1N(C)N.CC.CC. The van der Waals surface area contributed by atoms with Crippen molar-refractivity contribution in [2.45, 2.75) is 66.1 Å². The van der Waals surface area contributed by atoms with Crippen LogP contribution in [0.2, 0.25) is 0 Å². The average Bonchev–Trinajstić information content (AvgIpc) is 2.96. The van der Waals surface area contributed by atoms with Gasteiger partial charge in [-0.05, 0) is 38.5 Å². The Bertz CT molecular complexity index is 518. The summed E-state index contributed by atoms with van der Waals surface area (Å²) in [7, 11) is 1.92. The molecule has 0 aliphatic carbocycles. The minimum atomic E-state index is 0.177. The number of nitrogens with zero attached hydrogens (tertiary/aromatic N) is 2. The second kappa shape index (κ2) is 11.8. The molecule has 5 heteroatoms. The van der Waals surface area contributed by atoms with Gasteiger partial charge in [0.2, 0.25) is 0 Å². The second-order valence-electron chi connectivity index (χ2n) is 5.91. The minimum Gasteiger partial charge on any atom is -0.371 e. The van der Waals surface area contributed by atoms with Gasteiger partial charge in [-0.25, -0.2) is 5.01 Å². The zero-order valence-electron chi connectivity index (χ0n) is 17.3. The van der Waals surface area contributed by atoms with Crippen molar-refractivity contribution in [3.05, 3.63) is 42.5 Å². The number of hydrogen-bond donors (Lipinski definition) is 3. The lowest BCUT2D eigenvalue weighted by Gasteiger charge is -2.39. The first-order valence-corrected chi connectivity index (χ1v) is 9.41. The summed E-state index contributed by atoms with van der Waals surface area (Å²) < 4.78 is 2.34. The van der Waals surface area contributed by atoms with Gasteiger partial charge >= 0.3 is 0 Å². The van der Waals surface area contributed by atoms with E-state index in [0.717, 1.165) is 24.5 Å². The van der Waals surface area contributed by atoms with Crippen molar-refractivity contribution in [1.29, 1.82) is 0 Å². The number of hydrazine groups is 1. The van der Waals surface area contributed by atoms with Crippen LogP contribution in [-0.4, -0.2) is 35.3 Å². The van der Waals surface area contributed by atoms with E-state index in [-0.39, 0.29) is 12.1 Å². The molecule has 2 heterocycles. The predicted molar refractivity (Wildman–Crippen MR) is 111 cm³/mol. The third kappa shape index (κ3) is 6.25. The van der Waals surface area contributed by atoms with E-state index in [4.69, 9.17) is 5.84 Å². The summed E-state index contributed by atoms with van der Waals surface area (Å²) >= 11 is 0. The van der Waals surface area contributed by atoms with Crippen molar-refractivity contribution in [1.82, 2.24) is 20.2 Å². The largest absolute Gasteiger partial charge is 0.371 e. The smallest absolute Gasteiger partial charge is 0.0915 e. The Hall–Kier alpha value is -1.72. The van der Waals surface area contributed by atoms with E-state index < -0.39 is 0 Å². The average molecular weight is 350 g/mol. The fourth-order valence-corrected chi connectivity index (χ4v) is 3.17. The van der Waals surface area contributed by atoms with E-state index in [1.165, 1.54) is 5.69 Å². The van der Waals surface area contributed by atoms with Gasteiger partial charge in [0, 0.05) is 31.0 Å². The Kier molecular flexibility index (Phi) is 11.0. The first-order chi connectivity index (χ1) is 11.9. The first kappa shape index (κ1) is 23.3. The molecule has 1 aromatic rings. The van der Waals surface area contributed by atoms with E-state index in [2.05, 4.69) is 54.3 Å². The number of aryl methyl sites for hydroxylation is 1. The van der Waals surface area contributed by atoms with Crippen molar-refractivity contribution >= 4 is 6.08 Å². The topological polar surface area (TPSA) is 58.2 Å². The van der Waals surface area contributed by atoms with Gasteiger partial charge in [0.25, 0.3) is 0 Å². The summed E-state index contributed by atoms with van der Waals surface area (Å²) in [6, 6.07) is 5.01. The summed E-state index contributed by atoms with van der Waals surface area (Å²) in [6.07, 6.45) is 2.88. The fraction of sp³-hybridized carbons (Fsp3) is 0.600. The third-order valence-corrected chi connectivity index (χ3v) is 4.20. The van der Waals surface area contributed by atoms with E-state index in [1.54, 1.807) is 5.01 Å². The molecule has 0 spiro atoms. The molecule has 0 aromatic carbocycles. The molecule has 1 aromatic heterocycles. The van der Waals surface area contributed by atoms with E-state index >= 15 is 0 Å². The maximum Gasteiger partial charge on any atom is 0.0915 e. The van der Waals surface area contributed by atoms with Gasteiger partial charge in [-0.15, -0.1) is 0 Å². The van der Waals surface area contributed by atoms with Crippen LogP contribution in [-0.2, 0) is 0 Å². The van der Waals surface area contributed by atoms with Crippen molar-refractivity contribution < 1.29 is 0 Å². The molecule has 0 bridgehead atoms. The number of rotatable bonds is 3. The number of nitrogens with one attached hydrogen (secondary N) is 2. The normalized spacial score (nSPS) is 22.9. The number of likely N-dealkylation sites (N-methyl/N-ethyl adjacent to an activating group) is 1. The molecular weight excluding hydrogens is 310 g/mol. The Labute approximate surface area is 154 Å². The third-order valence-electron chi connectivity index (χ3n) is 4.20. The molecule has 1 saturated heterocycles. The van der Waals surface area contributed by atoms with Crippen LogP contribution in [0.3, 0.4) is 0 Å². The molecule has 2 rings (SSSR count). The summed E-state index contributed by atoms with van der Waals surface area (Å²) in [5.74, 6) is 6.98.